The number of nitrogens with zero attached hydrogens (tertiary/aromatic N) is 1. The van der Waals surface area contributed by atoms with Crippen molar-refractivity contribution in [2.75, 3.05) is 6.54 Å². The van der Waals surface area contributed by atoms with Crippen molar-refractivity contribution in [3.05, 3.63) is 41.8 Å². The van der Waals surface area contributed by atoms with E-state index in [4.69, 9.17) is 0 Å². The Kier molecular flexibility index (Phi) is 3.94. The first-order valence-electron chi connectivity index (χ1n) is 6.15. The molecule has 4 nitrogen and oxygen atoms in total. The fourth-order valence-corrected chi connectivity index (χ4v) is 1.69. The Hall–Kier alpha value is -2.17. The first kappa shape index (κ1) is 13.3. The highest BCUT2D eigenvalue weighted by Crippen LogP contribution is 2.21. The van der Waals surface area contributed by atoms with E-state index >= 15 is 0 Å². The predicted octanol–water partition coefficient (Wildman–Crippen LogP) is 2.60. The van der Waals surface area contributed by atoms with Crippen LogP contribution in [0.25, 0.3) is 11.3 Å². The van der Waals surface area contributed by atoms with Crippen LogP contribution < -0.4 is 5.32 Å². The van der Waals surface area contributed by atoms with Gasteiger partial charge in [0.15, 0.2) is 0 Å². The van der Waals surface area contributed by atoms with Gasteiger partial charge in [0.2, 0.25) is 0 Å². The zero-order chi connectivity index (χ0) is 13.8. The zero-order valence-corrected chi connectivity index (χ0v) is 10.9. The van der Waals surface area contributed by atoms with Gasteiger partial charge in [-0.25, -0.2) is 4.39 Å². The fraction of sp³-hybridized carbons (Fsp3) is 0.286. The molecule has 2 aromatic rings. The molecule has 0 unspecified atom stereocenters. The van der Waals surface area contributed by atoms with Gasteiger partial charge < -0.3 is 5.32 Å². The lowest BCUT2D eigenvalue weighted by atomic mass is 10.1. The third-order valence-corrected chi connectivity index (χ3v) is 2.69. The average Bonchev–Trinajstić information content (AvgIpc) is 2.86. The molecule has 19 heavy (non-hydrogen) atoms. The van der Waals surface area contributed by atoms with Crippen LogP contribution in [0.2, 0.25) is 0 Å². The van der Waals surface area contributed by atoms with E-state index in [0.29, 0.717) is 23.7 Å². The van der Waals surface area contributed by atoms with Gasteiger partial charge in [-0.1, -0.05) is 13.8 Å². The molecule has 2 rings (SSSR count). The quantitative estimate of drug-likeness (QED) is 0.888. The van der Waals surface area contributed by atoms with Crippen molar-refractivity contribution >= 4 is 5.91 Å². The minimum Gasteiger partial charge on any atom is -0.352 e. The highest BCUT2D eigenvalue weighted by Gasteiger charge is 2.15. The monoisotopic (exact) mass is 261 g/mol. The van der Waals surface area contributed by atoms with Crippen LogP contribution in [0.3, 0.4) is 0 Å². The first-order valence-corrected chi connectivity index (χ1v) is 6.15. The Morgan fingerprint density at radius 2 is 2.05 bits per heavy atom. The Morgan fingerprint density at radius 3 is 2.68 bits per heavy atom. The van der Waals surface area contributed by atoms with Crippen LogP contribution in [-0.2, 0) is 0 Å². The second kappa shape index (κ2) is 5.65. The largest absolute Gasteiger partial charge is 0.352 e. The molecule has 0 spiro atoms. The highest BCUT2D eigenvalue weighted by molar-refractivity contribution is 5.99. The Bertz CT molecular complexity index is 560. The number of H-pyrrole nitrogens is 1. The summed E-state index contributed by atoms with van der Waals surface area (Å²) in [5.41, 5.74) is 1.79. The summed E-state index contributed by atoms with van der Waals surface area (Å²) in [4.78, 5) is 12.0. The molecule has 100 valence electrons. The van der Waals surface area contributed by atoms with Crippen molar-refractivity contribution in [3.63, 3.8) is 0 Å². The lowest BCUT2D eigenvalue weighted by Crippen LogP contribution is -2.27. The maximum absolute atomic E-state index is 12.9. The Labute approximate surface area is 111 Å². The van der Waals surface area contributed by atoms with Crippen molar-refractivity contribution in [1.29, 1.82) is 0 Å². The minimum absolute atomic E-state index is 0.179. The van der Waals surface area contributed by atoms with Crippen molar-refractivity contribution in [3.8, 4) is 11.3 Å². The highest BCUT2D eigenvalue weighted by atomic mass is 19.1. The first-order chi connectivity index (χ1) is 9.08. The summed E-state index contributed by atoms with van der Waals surface area (Å²) in [6.07, 6.45) is 1.48. The molecular weight excluding hydrogens is 245 g/mol. The van der Waals surface area contributed by atoms with Crippen molar-refractivity contribution < 1.29 is 9.18 Å². The Morgan fingerprint density at radius 1 is 1.37 bits per heavy atom. The second-order valence-electron chi connectivity index (χ2n) is 4.77. The molecule has 1 aromatic heterocycles. The van der Waals surface area contributed by atoms with Gasteiger partial charge in [-0.05, 0) is 30.2 Å². The number of benzene rings is 1. The van der Waals surface area contributed by atoms with Crippen LogP contribution >= 0.6 is 0 Å². The van der Waals surface area contributed by atoms with Gasteiger partial charge in [-0.15, -0.1) is 0 Å². The van der Waals surface area contributed by atoms with Gasteiger partial charge in [0.25, 0.3) is 5.91 Å². The van der Waals surface area contributed by atoms with Gasteiger partial charge >= 0.3 is 0 Å². The van der Waals surface area contributed by atoms with Crippen LogP contribution in [0, 0.1) is 11.7 Å². The van der Waals surface area contributed by atoms with E-state index in [0.717, 1.165) is 5.56 Å². The third-order valence-electron chi connectivity index (χ3n) is 2.69. The molecule has 1 heterocycles. The van der Waals surface area contributed by atoms with Crippen molar-refractivity contribution in [2.45, 2.75) is 13.8 Å². The van der Waals surface area contributed by atoms with Crippen LogP contribution in [0.4, 0.5) is 4.39 Å². The number of rotatable bonds is 4. The number of halogens is 1. The summed E-state index contributed by atoms with van der Waals surface area (Å²) in [6.45, 7) is 4.65. The van der Waals surface area contributed by atoms with E-state index in [1.54, 1.807) is 12.1 Å². The number of hydrogen-bond donors (Lipinski definition) is 2. The van der Waals surface area contributed by atoms with Crippen LogP contribution in [0.5, 0.6) is 0 Å². The van der Waals surface area contributed by atoms with E-state index in [9.17, 15) is 9.18 Å². The van der Waals surface area contributed by atoms with Crippen molar-refractivity contribution in [1.82, 2.24) is 15.5 Å². The number of carbonyl (C=O) groups excluding carboxylic acids is 1. The predicted molar refractivity (Wildman–Crippen MR) is 71.2 cm³/mol. The zero-order valence-electron chi connectivity index (χ0n) is 10.9. The van der Waals surface area contributed by atoms with Gasteiger partial charge in [-0.2, -0.15) is 5.10 Å². The SMILES string of the molecule is CC(C)CNC(=O)c1cn[nH]c1-c1ccc(F)cc1. The number of hydrogen-bond acceptors (Lipinski definition) is 2. The van der Waals surface area contributed by atoms with Crippen LogP contribution in [0.1, 0.15) is 24.2 Å². The molecule has 0 saturated heterocycles. The summed E-state index contributed by atoms with van der Waals surface area (Å²) >= 11 is 0. The van der Waals surface area contributed by atoms with Gasteiger partial charge in [0.05, 0.1) is 17.5 Å². The Balaban J connectivity index is 2.22. The van der Waals surface area contributed by atoms with E-state index in [1.807, 2.05) is 13.8 Å². The van der Waals surface area contributed by atoms with Crippen molar-refractivity contribution in [2.24, 2.45) is 5.92 Å². The second-order valence-corrected chi connectivity index (χ2v) is 4.77. The molecule has 2 N–H and O–H groups in total. The summed E-state index contributed by atoms with van der Waals surface area (Å²) in [5, 5.41) is 9.50. The normalized spacial score (nSPS) is 10.7. The summed E-state index contributed by atoms with van der Waals surface area (Å²) in [5.74, 6) is -0.110. The molecule has 0 bridgehead atoms. The molecular formula is C14H16FN3O. The van der Waals surface area contributed by atoms with Gasteiger partial charge in [0, 0.05) is 12.1 Å². The number of aromatic nitrogens is 2. The summed E-state index contributed by atoms with van der Waals surface area (Å²) in [7, 11) is 0. The topological polar surface area (TPSA) is 57.8 Å². The molecule has 0 radical (unpaired) electrons. The molecule has 0 atom stereocenters. The number of carbonyl (C=O) groups is 1. The van der Waals surface area contributed by atoms with Crippen LogP contribution in [0.15, 0.2) is 30.5 Å². The maximum atomic E-state index is 12.9. The molecule has 1 aromatic carbocycles. The van der Waals surface area contributed by atoms with Crippen LogP contribution in [-0.4, -0.2) is 22.6 Å². The average molecular weight is 261 g/mol. The summed E-state index contributed by atoms with van der Waals surface area (Å²) < 4.78 is 12.9. The molecule has 1 amide bonds. The lowest BCUT2D eigenvalue weighted by molar-refractivity contribution is 0.0949. The number of amides is 1. The van der Waals surface area contributed by atoms with Gasteiger partial charge in [0.1, 0.15) is 5.82 Å². The summed E-state index contributed by atoms with van der Waals surface area (Å²) in [6, 6.07) is 5.93. The molecule has 0 aliphatic heterocycles. The molecule has 0 aliphatic rings. The maximum Gasteiger partial charge on any atom is 0.255 e. The number of aromatic amines is 1. The van der Waals surface area contributed by atoms with E-state index < -0.39 is 0 Å². The third kappa shape index (κ3) is 3.19. The fourth-order valence-electron chi connectivity index (χ4n) is 1.69. The van der Waals surface area contributed by atoms with E-state index in [2.05, 4.69) is 15.5 Å². The lowest BCUT2D eigenvalue weighted by Gasteiger charge is -2.07. The van der Waals surface area contributed by atoms with E-state index in [-0.39, 0.29) is 11.7 Å². The standard InChI is InChI=1S/C14H16FN3O/c1-9(2)7-16-14(19)12-8-17-18-13(12)10-3-5-11(15)6-4-10/h3-6,8-9H,7H2,1-2H3,(H,16,19)(H,17,18). The molecule has 5 heteroatoms. The smallest absolute Gasteiger partial charge is 0.255 e. The van der Waals surface area contributed by atoms with Gasteiger partial charge in [-0.3, -0.25) is 9.89 Å². The minimum atomic E-state index is -0.311. The molecule has 0 saturated carbocycles. The number of nitrogens with one attached hydrogen (secondary N) is 2. The molecule has 0 aliphatic carbocycles. The van der Waals surface area contributed by atoms with E-state index in [1.165, 1.54) is 18.3 Å². The molecule has 0 fully saturated rings.